The molecule has 4 rings (SSSR count). The average Bonchev–Trinajstić information content (AvgIpc) is 3.10. The molecule has 0 N–H and O–H groups in total. The second-order valence-corrected chi connectivity index (χ2v) is 7.09. The van der Waals surface area contributed by atoms with E-state index < -0.39 is 0 Å². The number of fused-ring (bicyclic) bond motifs is 1. The second kappa shape index (κ2) is 7.50. The Balaban J connectivity index is 1.74. The van der Waals surface area contributed by atoms with Gasteiger partial charge in [0.15, 0.2) is 0 Å². The van der Waals surface area contributed by atoms with E-state index in [4.69, 9.17) is 0 Å². The number of halogens is 2. The van der Waals surface area contributed by atoms with Crippen LogP contribution < -0.4 is 0 Å². The number of carbonyl (C=O) groups is 1. The van der Waals surface area contributed by atoms with Gasteiger partial charge in [-0.1, -0.05) is 30.8 Å². The molecule has 0 bridgehead atoms. The predicted octanol–water partition coefficient (Wildman–Crippen LogP) is 5.27. The maximum Gasteiger partial charge on any atom is 0.266 e. The van der Waals surface area contributed by atoms with Crippen LogP contribution >= 0.6 is 0 Å². The molecule has 2 aliphatic rings. The molecule has 1 saturated carbocycles. The van der Waals surface area contributed by atoms with E-state index in [0.717, 1.165) is 41.7 Å². The highest BCUT2D eigenvalue weighted by Gasteiger charge is 2.43. The van der Waals surface area contributed by atoms with Gasteiger partial charge in [0.25, 0.3) is 5.91 Å². The van der Waals surface area contributed by atoms with E-state index in [9.17, 15) is 13.6 Å². The molecule has 2 aromatic carbocycles. The smallest absolute Gasteiger partial charge is 0.266 e. The van der Waals surface area contributed by atoms with Crippen molar-refractivity contribution in [3.8, 4) is 0 Å². The van der Waals surface area contributed by atoms with Crippen molar-refractivity contribution in [3.63, 3.8) is 0 Å². The van der Waals surface area contributed by atoms with Gasteiger partial charge in [0, 0.05) is 5.92 Å². The van der Waals surface area contributed by atoms with Crippen LogP contribution in [0.5, 0.6) is 0 Å². The van der Waals surface area contributed by atoms with Crippen molar-refractivity contribution in [2.24, 2.45) is 11.0 Å². The molecule has 3 nitrogen and oxygen atoms in total. The first kappa shape index (κ1) is 18.3. The summed E-state index contributed by atoms with van der Waals surface area (Å²) in [5.74, 6) is -0.835. The minimum atomic E-state index is -0.315. The highest BCUT2D eigenvalue weighted by Crippen LogP contribution is 2.44. The molecule has 0 unspecified atom stereocenters. The Morgan fingerprint density at radius 2 is 1.71 bits per heavy atom. The number of hydrazone groups is 1. The van der Waals surface area contributed by atoms with E-state index in [1.807, 2.05) is 6.08 Å². The Labute approximate surface area is 162 Å². The van der Waals surface area contributed by atoms with Gasteiger partial charge >= 0.3 is 0 Å². The average molecular weight is 378 g/mol. The van der Waals surface area contributed by atoms with Gasteiger partial charge in [-0.2, -0.15) is 5.10 Å². The lowest BCUT2D eigenvalue weighted by molar-refractivity contribution is -0.128. The number of amides is 1. The molecule has 2 atom stereocenters. The molecule has 1 amide bonds. The van der Waals surface area contributed by atoms with E-state index in [0.29, 0.717) is 0 Å². The number of carbonyl (C=O) groups excluding carboxylic acids is 1. The van der Waals surface area contributed by atoms with Crippen molar-refractivity contribution in [1.82, 2.24) is 5.01 Å². The van der Waals surface area contributed by atoms with E-state index in [1.54, 1.807) is 24.3 Å². The molecule has 5 heteroatoms. The van der Waals surface area contributed by atoms with Crippen molar-refractivity contribution >= 4 is 17.7 Å². The van der Waals surface area contributed by atoms with E-state index in [-0.39, 0.29) is 29.5 Å². The van der Waals surface area contributed by atoms with Crippen LogP contribution in [-0.4, -0.2) is 16.6 Å². The molecule has 1 heterocycles. The van der Waals surface area contributed by atoms with Crippen molar-refractivity contribution < 1.29 is 13.6 Å². The van der Waals surface area contributed by atoms with Gasteiger partial charge in [-0.05, 0) is 72.4 Å². The van der Waals surface area contributed by atoms with Crippen LogP contribution in [0.4, 0.5) is 8.78 Å². The molecule has 0 aromatic heterocycles. The molecule has 0 saturated heterocycles. The molecule has 1 aliphatic heterocycles. The van der Waals surface area contributed by atoms with Crippen molar-refractivity contribution in [3.05, 3.63) is 89.5 Å². The van der Waals surface area contributed by atoms with E-state index in [1.165, 1.54) is 35.4 Å². The minimum Gasteiger partial charge on any atom is -0.268 e. The number of hydrogen-bond donors (Lipinski definition) is 0. The van der Waals surface area contributed by atoms with Crippen LogP contribution in [0, 0.1) is 17.6 Å². The van der Waals surface area contributed by atoms with Gasteiger partial charge < -0.3 is 0 Å². The van der Waals surface area contributed by atoms with Crippen LogP contribution in [0.1, 0.15) is 36.4 Å². The normalized spacial score (nSPS) is 22.7. The second-order valence-electron chi connectivity index (χ2n) is 7.09. The third kappa shape index (κ3) is 3.40. The highest BCUT2D eigenvalue weighted by molar-refractivity contribution is 6.08. The van der Waals surface area contributed by atoms with Gasteiger partial charge in [-0.3, -0.25) is 4.79 Å². The number of allylic oxidation sites excluding steroid dienone is 1. The lowest BCUT2D eigenvalue weighted by atomic mass is 9.77. The predicted molar refractivity (Wildman–Crippen MR) is 105 cm³/mol. The number of hydrogen-bond acceptors (Lipinski definition) is 2. The quantitative estimate of drug-likeness (QED) is 0.670. The molecule has 1 aliphatic carbocycles. The zero-order valence-electron chi connectivity index (χ0n) is 15.3. The maximum atomic E-state index is 13.4. The first-order chi connectivity index (χ1) is 13.6. The Kier molecular flexibility index (Phi) is 4.90. The lowest BCUT2D eigenvalue weighted by Gasteiger charge is -2.29. The lowest BCUT2D eigenvalue weighted by Crippen LogP contribution is -2.30. The SMILES string of the molecule is C=CC(=O)N1N=C2/C(=C/c3ccc(F)cc3)CCC[C@H]2[C@@H]1c1ccc(F)cc1. The summed E-state index contributed by atoms with van der Waals surface area (Å²) >= 11 is 0. The summed E-state index contributed by atoms with van der Waals surface area (Å²) in [6.07, 6.45) is 5.96. The fourth-order valence-electron chi connectivity index (χ4n) is 4.03. The largest absolute Gasteiger partial charge is 0.268 e. The first-order valence-electron chi connectivity index (χ1n) is 9.33. The van der Waals surface area contributed by atoms with Crippen LogP contribution in [0.25, 0.3) is 6.08 Å². The molecule has 2 aromatic rings. The molecule has 0 spiro atoms. The molecule has 0 radical (unpaired) electrons. The summed E-state index contributed by atoms with van der Waals surface area (Å²) < 4.78 is 26.6. The zero-order valence-corrected chi connectivity index (χ0v) is 15.3. The minimum absolute atomic E-state index is 0.0369. The van der Waals surface area contributed by atoms with Gasteiger partial charge in [-0.15, -0.1) is 0 Å². The summed E-state index contributed by atoms with van der Waals surface area (Å²) in [5.41, 5.74) is 3.67. The van der Waals surface area contributed by atoms with Crippen LogP contribution in [-0.2, 0) is 4.79 Å². The van der Waals surface area contributed by atoms with E-state index in [2.05, 4.69) is 11.7 Å². The van der Waals surface area contributed by atoms with Gasteiger partial charge in [0.2, 0.25) is 0 Å². The van der Waals surface area contributed by atoms with Gasteiger partial charge in [0.05, 0.1) is 11.8 Å². The molecular weight excluding hydrogens is 358 g/mol. The third-order valence-corrected chi connectivity index (χ3v) is 5.32. The molecular formula is C23H20F2N2O. The van der Waals surface area contributed by atoms with Crippen molar-refractivity contribution in [1.29, 1.82) is 0 Å². The van der Waals surface area contributed by atoms with Gasteiger partial charge in [0.1, 0.15) is 11.6 Å². The fourth-order valence-corrected chi connectivity index (χ4v) is 4.03. The fraction of sp³-hybridized carbons (Fsp3) is 0.217. The van der Waals surface area contributed by atoms with Gasteiger partial charge in [-0.25, -0.2) is 13.8 Å². The van der Waals surface area contributed by atoms with Crippen LogP contribution in [0.3, 0.4) is 0 Å². The van der Waals surface area contributed by atoms with Crippen molar-refractivity contribution in [2.45, 2.75) is 25.3 Å². The van der Waals surface area contributed by atoms with Crippen molar-refractivity contribution in [2.75, 3.05) is 0 Å². The molecule has 1 fully saturated rings. The number of nitrogens with zero attached hydrogens (tertiary/aromatic N) is 2. The third-order valence-electron chi connectivity index (χ3n) is 5.32. The molecule has 28 heavy (non-hydrogen) atoms. The standard InChI is InChI=1S/C23H20F2N2O/c1-2-21(28)27-23(16-8-12-19(25)13-9-16)20-5-3-4-17(22(20)26-27)14-15-6-10-18(24)11-7-15/h2,6-14,20,23H,1,3-5H2/b17-14+/t20-,23+/m1/s1. The summed E-state index contributed by atoms with van der Waals surface area (Å²) in [5, 5.41) is 6.11. The van der Waals surface area contributed by atoms with E-state index >= 15 is 0 Å². The first-order valence-corrected chi connectivity index (χ1v) is 9.33. The number of rotatable bonds is 3. The topological polar surface area (TPSA) is 32.7 Å². The Morgan fingerprint density at radius 3 is 2.36 bits per heavy atom. The Hall–Kier alpha value is -3.08. The summed E-state index contributed by atoms with van der Waals surface area (Å²) in [7, 11) is 0. The Bertz CT molecular complexity index is 961. The maximum absolute atomic E-state index is 13.4. The Morgan fingerprint density at radius 1 is 1.07 bits per heavy atom. The van der Waals surface area contributed by atoms with Crippen LogP contribution in [0.2, 0.25) is 0 Å². The summed E-state index contributed by atoms with van der Waals surface area (Å²) in [6, 6.07) is 12.3. The van der Waals surface area contributed by atoms with Crippen LogP contribution in [0.15, 0.2) is 71.9 Å². The summed E-state index contributed by atoms with van der Waals surface area (Å²) in [4.78, 5) is 12.5. The summed E-state index contributed by atoms with van der Waals surface area (Å²) in [6.45, 7) is 3.59. The molecule has 142 valence electrons. The number of benzene rings is 2. The zero-order chi connectivity index (χ0) is 19.7. The highest BCUT2D eigenvalue weighted by atomic mass is 19.1. The monoisotopic (exact) mass is 378 g/mol.